The number of carbonyl (C=O) groups is 1. The number of hydrogen-bond acceptors (Lipinski definition) is 1. The Bertz CT molecular complexity index is 479. The summed E-state index contributed by atoms with van der Waals surface area (Å²) in [6, 6.07) is 19.6. The van der Waals surface area contributed by atoms with Gasteiger partial charge in [-0.2, -0.15) is 0 Å². The van der Waals surface area contributed by atoms with Crippen molar-refractivity contribution >= 4 is 5.91 Å². The fourth-order valence-electron chi connectivity index (χ4n) is 1.92. The quantitative estimate of drug-likeness (QED) is 0.853. The molecule has 0 radical (unpaired) electrons. The summed E-state index contributed by atoms with van der Waals surface area (Å²) in [6.45, 7) is 0. The van der Waals surface area contributed by atoms with Gasteiger partial charge in [0, 0.05) is 0 Å². The molecule has 17 heavy (non-hydrogen) atoms. The Hall–Kier alpha value is -2.09. The van der Waals surface area contributed by atoms with E-state index in [0.717, 1.165) is 11.1 Å². The molecule has 2 N–H and O–H groups in total. The number of carbonyl (C=O) groups excluding carboxylic acids is 1. The average Bonchev–Trinajstić information content (AvgIpc) is 2.38. The van der Waals surface area contributed by atoms with Gasteiger partial charge in [-0.15, -0.1) is 0 Å². The number of nitrogens with two attached hydrogens (primary N) is 1. The van der Waals surface area contributed by atoms with Crippen LogP contribution in [0.2, 0.25) is 0 Å². The molecule has 1 atom stereocenters. The highest BCUT2D eigenvalue weighted by atomic mass is 16.1. The van der Waals surface area contributed by atoms with Crippen molar-refractivity contribution in [3.63, 3.8) is 0 Å². The zero-order valence-corrected chi connectivity index (χ0v) is 9.54. The molecule has 0 unspecified atom stereocenters. The van der Waals surface area contributed by atoms with E-state index in [4.69, 9.17) is 5.73 Å². The van der Waals surface area contributed by atoms with E-state index in [1.54, 1.807) is 0 Å². The van der Waals surface area contributed by atoms with Crippen LogP contribution in [-0.4, -0.2) is 5.91 Å². The van der Waals surface area contributed by atoms with Crippen LogP contribution in [0, 0.1) is 0 Å². The molecule has 2 rings (SSSR count). The lowest BCUT2D eigenvalue weighted by Gasteiger charge is -2.13. The summed E-state index contributed by atoms with van der Waals surface area (Å²) in [6.07, 6.45) is 0.653. The van der Waals surface area contributed by atoms with Crippen molar-refractivity contribution in [2.45, 2.75) is 12.3 Å². The van der Waals surface area contributed by atoms with E-state index in [-0.39, 0.29) is 11.8 Å². The molecule has 0 saturated carbocycles. The molecule has 2 aromatic rings. The number of primary amides is 1. The van der Waals surface area contributed by atoms with Crippen molar-refractivity contribution in [3.8, 4) is 0 Å². The van der Waals surface area contributed by atoms with Crippen LogP contribution in [0.4, 0.5) is 0 Å². The summed E-state index contributed by atoms with van der Waals surface area (Å²) in [5, 5.41) is 0. The molecular formula is C15H15NO. The number of benzene rings is 2. The van der Waals surface area contributed by atoms with Gasteiger partial charge in [0.1, 0.15) is 0 Å². The third-order valence-electron chi connectivity index (χ3n) is 2.83. The minimum atomic E-state index is -0.278. The first-order valence-corrected chi connectivity index (χ1v) is 5.65. The Morgan fingerprint density at radius 1 is 0.941 bits per heavy atom. The van der Waals surface area contributed by atoms with Crippen LogP contribution in [-0.2, 0) is 11.2 Å². The predicted octanol–water partition coefficient (Wildman–Crippen LogP) is 2.50. The second-order valence-electron chi connectivity index (χ2n) is 4.06. The molecule has 0 aliphatic rings. The van der Waals surface area contributed by atoms with Crippen LogP contribution in [0.5, 0.6) is 0 Å². The molecule has 0 fully saturated rings. The summed E-state index contributed by atoms with van der Waals surface area (Å²) in [5.41, 5.74) is 7.58. The van der Waals surface area contributed by atoms with Crippen LogP contribution in [0.3, 0.4) is 0 Å². The summed E-state index contributed by atoms with van der Waals surface area (Å²) in [4.78, 5) is 11.5. The molecule has 0 saturated heterocycles. The van der Waals surface area contributed by atoms with E-state index in [2.05, 4.69) is 0 Å². The van der Waals surface area contributed by atoms with Crippen LogP contribution in [0.15, 0.2) is 60.7 Å². The second-order valence-corrected chi connectivity index (χ2v) is 4.06. The lowest BCUT2D eigenvalue weighted by molar-refractivity contribution is -0.119. The largest absolute Gasteiger partial charge is 0.369 e. The zero-order valence-electron chi connectivity index (χ0n) is 9.54. The van der Waals surface area contributed by atoms with Crippen molar-refractivity contribution in [1.29, 1.82) is 0 Å². The van der Waals surface area contributed by atoms with Crippen molar-refractivity contribution in [1.82, 2.24) is 0 Å². The molecular weight excluding hydrogens is 210 g/mol. The number of amides is 1. The Balaban J connectivity index is 2.23. The van der Waals surface area contributed by atoms with E-state index in [9.17, 15) is 4.79 Å². The van der Waals surface area contributed by atoms with E-state index < -0.39 is 0 Å². The van der Waals surface area contributed by atoms with E-state index in [0.29, 0.717) is 6.42 Å². The van der Waals surface area contributed by atoms with Crippen molar-refractivity contribution in [3.05, 3.63) is 71.8 Å². The number of rotatable bonds is 4. The summed E-state index contributed by atoms with van der Waals surface area (Å²) >= 11 is 0. The first kappa shape index (κ1) is 11.4. The molecule has 0 bridgehead atoms. The van der Waals surface area contributed by atoms with Crippen LogP contribution in [0.25, 0.3) is 0 Å². The van der Waals surface area contributed by atoms with Gasteiger partial charge >= 0.3 is 0 Å². The van der Waals surface area contributed by atoms with Crippen molar-refractivity contribution in [2.75, 3.05) is 0 Å². The van der Waals surface area contributed by atoms with Crippen LogP contribution >= 0.6 is 0 Å². The fourth-order valence-corrected chi connectivity index (χ4v) is 1.92. The fraction of sp³-hybridized carbons (Fsp3) is 0.133. The SMILES string of the molecule is NC(=O)[C@@H](Cc1ccccc1)c1ccccc1. The Morgan fingerprint density at radius 2 is 1.47 bits per heavy atom. The van der Waals surface area contributed by atoms with Gasteiger partial charge in [0.25, 0.3) is 0 Å². The minimum absolute atomic E-state index is 0.251. The smallest absolute Gasteiger partial charge is 0.225 e. The van der Waals surface area contributed by atoms with Gasteiger partial charge in [-0.1, -0.05) is 60.7 Å². The topological polar surface area (TPSA) is 43.1 Å². The third kappa shape index (κ3) is 2.94. The second kappa shape index (κ2) is 5.30. The normalized spacial score (nSPS) is 12.0. The molecule has 86 valence electrons. The monoisotopic (exact) mass is 225 g/mol. The van der Waals surface area contributed by atoms with Gasteiger partial charge in [0.2, 0.25) is 5.91 Å². The molecule has 0 aromatic heterocycles. The van der Waals surface area contributed by atoms with Crippen LogP contribution < -0.4 is 5.73 Å². The van der Waals surface area contributed by atoms with E-state index in [1.165, 1.54) is 0 Å². The average molecular weight is 225 g/mol. The summed E-state index contributed by atoms with van der Waals surface area (Å²) in [5.74, 6) is -0.529. The molecule has 2 heteroatoms. The maximum atomic E-state index is 11.5. The Kier molecular flexibility index (Phi) is 3.55. The highest BCUT2D eigenvalue weighted by Gasteiger charge is 2.17. The Labute approximate surface area is 101 Å². The van der Waals surface area contributed by atoms with Gasteiger partial charge in [0.15, 0.2) is 0 Å². The first-order valence-electron chi connectivity index (χ1n) is 5.65. The first-order chi connectivity index (χ1) is 8.27. The molecule has 1 amide bonds. The van der Waals surface area contributed by atoms with Gasteiger partial charge in [-0.3, -0.25) is 4.79 Å². The maximum Gasteiger partial charge on any atom is 0.225 e. The molecule has 0 heterocycles. The molecule has 2 nitrogen and oxygen atoms in total. The van der Waals surface area contributed by atoms with E-state index in [1.807, 2.05) is 60.7 Å². The van der Waals surface area contributed by atoms with Gasteiger partial charge < -0.3 is 5.73 Å². The highest BCUT2D eigenvalue weighted by molar-refractivity contribution is 5.82. The molecule has 0 spiro atoms. The van der Waals surface area contributed by atoms with E-state index >= 15 is 0 Å². The van der Waals surface area contributed by atoms with Gasteiger partial charge in [-0.05, 0) is 17.5 Å². The van der Waals surface area contributed by atoms with Crippen LogP contribution in [0.1, 0.15) is 17.0 Å². The third-order valence-corrected chi connectivity index (χ3v) is 2.83. The lowest BCUT2D eigenvalue weighted by Crippen LogP contribution is -2.23. The minimum Gasteiger partial charge on any atom is -0.369 e. The maximum absolute atomic E-state index is 11.5. The highest BCUT2D eigenvalue weighted by Crippen LogP contribution is 2.20. The standard InChI is InChI=1S/C15H15NO/c16-15(17)14(13-9-5-2-6-10-13)11-12-7-3-1-4-8-12/h1-10,14H,11H2,(H2,16,17)/t14-/m0/s1. The molecule has 0 aliphatic carbocycles. The van der Waals surface area contributed by atoms with Crippen molar-refractivity contribution in [2.24, 2.45) is 5.73 Å². The molecule has 0 aliphatic heterocycles. The zero-order chi connectivity index (χ0) is 12.1. The summed E-state index contributed by atoms with van der Waals surface area (Å²) in [7, 11) is 0. The summed E-state index contributed by atoms with van der Waals surface area (Å²) < 4.78 is 0. The van der Waals surface area contributed by atoms with Gasteiger partial charge in [0.05, 0.1) is 5.92 Å². The Morgan fingerprint density at radius 3 is 2.00 bits per heavy atom. The number of hydrogen-bond donors (Lipinski definition) is 1. The van der Waals surface area contributed by atoms with Crippen molar-refractivity contribution < 1.29 is 4.79 Å². The molecule has 2 aromatic carbocycles. The lowest BCUT2D eigenvalue weighted by atomic mass is 9.91. The predicted molar refractivity (Wildman–Crippen MR) is 68.5 cm³/mol. The van der Waals surface area contributed by atoms with Gasteiger partial charge in [-0.25, -0.2) is 0 Å².